The average Bonchev–Trinajstić information content (AvgIpc) is 2.78. The van der Waals surface area contributed by atoms with Gasteiger partial charge in [0.15, 0.2) is 0 Å². The number of nitrogens with zero attached hydrogens (tertiary/aromatic N) is 2. The Morgan fingerprint density at radius 3 is 2.74 bits per heavy atom. The van der Waals surface area contributed by atoms with Gasteiger partial charge in [-0.2, -0.15) is 0 Å². The highest BCUT2D eigenvalue weighted by molar-refractivity contribution is 6.33. The summed E-state index contributed by atoms with van der Waals surface area (Å²) in [7, 11) is 0. The van der Waals surface area contributed by atoms with Crippen molar-refractivity contribution < 1.29 is 14.3 Å². The quantitative estimate of drug-likeness (QED) is 0.896. The van der Waals surface area contributed by atoms with Crippen molar-refractivity contribution in [2.75, 3.05) is 5.32 Å². The number of halogens is 1. The number of anilines is 1. The van der Waals surface area contributed by atoms with E-state index >= 15 is 0 Å². The maximum absolute atomic E-state index is 10.8. The highest BCUT2D eigenvalue weighted by Crippen LogP contribution is 2.24. The van der Waals surface area contributed by atoms with Crippen molar-refractivity contribution in [3.05, 3.63) is 40.7 Å². The van der Waals surface area contributed by atoms with Gasteiger partial charge in [-0.15, -0.1) is 0 Å². The molecule has 0 aliphatic heterocycles. The average molecular weight is 282 g/mol. The molecule has 1 unspecified atom stereocenters. The molecule has 0 bridgehead atoms. The number of rotatable bonds is 4. The molecule has 0 aliphatic rings. The molecule has 2 aromatic heterocycles. The summed E-state index contributed by atoms with van der Waals surface area (Å²) in [6.45, 7) is 3.64. The predicted octanol–water partition coefficient (Wildman–Crippen LogP) is 2.90. The summed E-state index contributed by atoms with van der Waals surface area (Å²) in [6.07, 6.45) is 2.86. The monoisotopic (exact) mass is 281 g/mol. The lowest BCUT2D eigenvalue weighted by atomic mass is 10.2. The maximum atomic E-state index is 10.8. The van der Waals surface area contributed by atoms with Crippen LogP contribution in [0, 0.1) is 6.92 Å². The van der Waals surface area contributed by atoms with Crippen molar-refractivity contribution in [1.29, 1.82) is 0 Å². The highest BCUT2D eigenvalue weighted by atomic mass is 35.5. The van der Waals surface area contributed by atoms with Crippen molar-refractivity contribution in [3.8, 4) is 0 Å². The Hall–Kier alpha value is -2.08. The lowest BCUT2D eigenvalue weighted by Crippen LogP contribution is -2.09. The SMILES string of the molecule is Cc1cnc(C(C)Nc2ncc(C(=O)O)cc2Cl)o1. The van der Waals surface area contributed by atoms with E-state index in [2.05, 4.69) is 15.3 Å². The molecule has 0 aliphatic carbocycles. The van der Waals surface area contributed by atoms with Crippen LogP contribution in [0.4, 0.5) is 5.82 Å². The van der Waals surface area contributed by atoms with Crippen LogP contribution in [0.5, 0.6) is 0 Å². The van der Waals surface area contributed by atoms with Gasteiger partial charge in [0.1, 0.15) is 17.6 Å². The van der Waals surface area contributed by atoms with Crippen LogP contribution in [0.15, 0.2) is 22.9 Å². The Morgan fingerprint density at radius 2 is 2.21 bits per heavy atom. The van der Waals surface area contributed by atoms with Crippen LogP contribution in [0.3, 0.4) is 0 Å². The second kappa shape index (κ2) is 5.27. The molecule has 2 rings (SSSR count). The number of nitrogens with one attached hydrogen (secondary N) is 1. The highest BCUT2D eigenvalue weighted by Gasteiger charge is 2.14. The molecule has 1 atom stereocenters. The van der Waals surface area contributed by atoms with Crippen LogP contribution in [0.25, 0.3) is 0 Å². The fraction of sp³-hybridized carbons (Fsp3) is 0.250. The van der Waals surface area contributed by atoms with E-state index < -0.39 is 5.97 Å². The van der Waals surface area contributed by atoms with Gasteiger partial charge in [-0.25, -0.2) is 14.8 Å². The Balaban J connectivity index is 2.17. The molecule has 0 saturated heterocycles. The number of oxazole rings is 1. The second-order valence-electron chi connectivity index (χ2n) is 4.03. The van der Waals surface area contributed by atoms with Crippen LogP contribution >= 0.6 is 11.6 Å². The van der Waals surface area contributed by atoms with Gasteiger partial charge in [0.2, 0.25) is 5.89 Å². The minimum Gasteiger partial charge on any atom is -0.478 e. The first-order valence-electron chi connectivity index (χ1n) is 5.55. The number of carbonyl (C=O) groups is 1. The lowest BCUT2D eigenvalue weighted by molar-refractivity contribution is 0.0696. The number of carboxylic acids is 1. The third-order valence-corrected chi connectivity index (χ3v) is 2.74. The van der Waals surface area contributed by atoms with E-state index in [1.807, 2.05) is 6.92 Å². The van der Waals surface area contributed by atoms with E-state index in [1.54, 1.807) is 13.1 Å². The molecule has 0 amide bonds. The second-order valence-corrected chi connectivity index (χ2v) is 4.44. The van der Waals surface area contributed by atoms with E-state index in [0.717, 1.165) is 0 Å². The lowest BCUT2D eigenvalue weighted by Gasteiger charge is -2.12. The van der Waals surface area contributed by atoms with E-state index in [9.17, 15) is 4.79 Å². The molecular weight excluding hydrogens is 270 g/mol. The Morgan fingerprint density at radius 1 is 1.47 bits per heavy atom. The molecule has 19 heavy (non-hydrogen) atoms. The normalized spacial score (nSPS) is 12.2. The fourth-order valence-corrected chi connectivity index (χ4v) is 1.72. The first kappa shape index (κ1) is 13.4. The van der Waals surface area contributed by atoms with E-state index in [-0.39, 0.29) is 16.6 Å². The molecule has 7 heteroatoms. The Bertz CT molecular complexity index is 612. The van der Waals surface area contributed by atoms with Gasteiger partial charge in [0.25, 0.3) is 0 Å². The van der Waals surface area contributed by atoms with Crippen LogP contribution in [-0.4, -0.2) is 21.0 Å². The zero-order valence-corrected chi connectivity index (χ0v) is 11.1. The van der Waals surface area contributed by atoms with Crippen molar-refractivity contribution in [2.45, 2.75) is 19.9 Å². The summed E-state index contributed by atoms with van der Waals surface area (Å²) in [5.41, 5.74) is 0.0372. The minimum atomic E-state index is -1.07. The molecule has 0 saturated carbocycles. The molecule has 6 nitrogen and oxygen atoms in total. The molecule has 0 aromatic carbocycles. The smallest absolute Gasteiger partial charge is 0.337 e. The number of aryl methyl sites for hydroxylation is 1. The summed E-state index contributed by atoms with van der Waals surface area (Å²) < 4.78 is 5.38. The zero-order valence-electron chi connectivity index (χ0n) is 10.3. The minimum absolute atomic E-state index is 0.0372. The van der Waals surface area contributed by atoms with Crippen molar-refractivity contribution in [2.24, 2.45) is 0 Å². The third kappa shape index (κ3) is 3.03. The van der Waals surface area contributed by atoms with Gasteiger partial charge in [-0.05, 0) is 19.9 Å². The zero-order chi connectivity index (χ0) is 14.0. The largest absolute Gasteiger partial charge is 0.478 e. The maximum Gasteiger partial charge on any atom is 0.337 e. The molecule has 0 spiro atoms. The van der Waals surface area contributed by atoms with E-state index in [1.165, 1.54) is 12.3 Å². The van der Waals surface area contributed by atoms with Crippen molar-refractivity contribution >= 4 is 23.4 Å². The van der Waals surface area contributed by atoms with Gasteiger partial charge in [-0.3, -0.25) is 0 Å². The molecular formula is C12H12ClN3O3. The number of pyridine rings is 1. The summed E-state index contributed by atoms with van der Waals surface area (Å²) in [5, 5.41) is 12.1. The number of carboxylic acid groups (broad SMARTS) is 1. The molecule has 0 fully saturated rings. The van der Waals surface area contributed by atoms with Crippen LogP contribution in [-0.2, 0) is 0 Å². The summed E-state index contributed by atoms with van der Waals surface area (Å²) >= 11 is 5.97. The summed E-state index contributed by atoms with van der Waals surface area (Å²) in [4.78, 5) is 18.8. The molecule has 2 heterocycles. The first-order chi connectivity index (χ1) is 8.97. The van der Waals surface area contributed by atoms with Gasteiger partial charge >= 0.3 is 5.97 Å². The van der Waals surface area contributed by atoms with Crippen molar-refractivity contribution in [3.63, 3.8) is 0 Å². The molecule has 2 aromatic rings. The molecule has 2 N–H and O–H groups in total. The van der Waals surface area contributed by atoms with Gasteiger partial charge in [-0.1, -0.05) is 11.6 Å². The van der Waals surface area contributed by atoms with Gasteiger partial charge < -0.3 is 14.8 Å². The van der Waals surface area contributed by atoms with Crippen LogP contribution in [0.2, 0.25) is 5.02 Å². The summed E-state index contributed by atoms with van der Waals surface area (Å²) in [6, 6.07) is 1.11. The van der Waals surface area contributed by atoms with E-state index in [4.69, 9.17) is 21.1 Å². The molecule has 100 valence electrons. The van der Waals surface area contributed by atoms with E-state index in [0.29, 0.717) is 17.5 Å². The Labute approximate surface area is 114 Å². The van der Waals surface area contributed by atoms with Gasteiger partial charge in [0, 0.05) is 6.20 Å². The fourth-order valence-electron chi connectivity index (χ4n) is 1.50. The third-order valence-electron chi connectivity index (χ3n) is 2.45. The number of aromatic nitrogens is 2. The van der Waals surface area contributed by atoms with Gasteiger partial charge in [0.05, 0.1) is 16.8 Å². The van der Waals surface area contributed by atoms with Crippen molar-refractivity contribution in [1.82, 2.24) is 9.97 Å². The number of aromatic carboxylic acids is 1. The first-order valence-corrected chi connectivity index (χ1v) is 5.93. The Kier molecular flexibility index (Phi) is 3.71. The van der Waals surface area contributed by atoms with Crippen LogP contribution < -0.4 is 5.32 Å². The standard InChI is InChI=1S/C12H12ClN3O3/c1-6-4-15-11(19-6)7(2)16-10-9(13)3-8(5-14-10)12(17)18/h3-5,7H,1-2H3,(H,14,16)(H,17,18). The number of hydrogen-bond acceptors (Lipinski definition) is 5. The van der Waals surface area contributed by atoms with Crippen LogP contribution in [0.1, 0.15) is 35.0 Å². The topological polar surface area (TPSA) is 88.2 Å². The molecule has 0 radical (unpaired) electrons. The predicted molar refractivity (Wildman–Crippen MR) is 69.5 cm³/mol. The number of hydrogen-bond donors (Lipinski definition) is 2. The summed E-state index contributed by atoms with van der Waals surface area (Å²) in [5.74, 6) is 0.536.